The molecule has 0 spiro atoms. The van der Waals surface area contributed by atoms with Crippen molar-refractivity contribution < 1.29 is 4.79 Å². The number of nitrogens with one attached hydrogen (secondary N) is 1. The number of rotatable bonds is 5. The molecule has 2 aromatic carbocycles. The molecule has 0 radical (unpaired) electrons. The van der Waals surface area contributed by atoms with Gasteiger partial charge in [-0.15, -0.1) is 21.5 Å². The number of anilines is 1. The molecule has 6 rings (SSSR count). The molecule has 36 heavy (non-hydrogen) atoms. The van der Waals surface area contributed by atoms with E-state index in [2.05, 4.69) is 15.5 Å². The first-order chi connectivity index (χ1) is 17.5. The summed E-state index contributed by atoms with van der Waals surface area (Å²) < 4.78 is 3.53. The summed E-state index contributed by atoms with van der Waals surface area (Å²) in [7, 11) is 0. The van der Waals surface area contributed by atoms with Crippen LogP contribution in [-0.4, -0.2) is 30.8 Å². The van der Waals surface area contributed by atoms with Crippen molar-refractivity contribution in [1.82, 2.24) is 19.2 Å². The largest absolute Gasteiger partial charge is 0.325 e. The minimum atomic E-state index is -0.130. The highest BCUT2D eigenvalue weighted by molar-refractivity contribution is 7.99. The molecule has 0 saturated heterocycles. The third-order valence-electron chi connectivity index (χ3n) is 6.31. The first-order valence-electron chi connectivity index (χ1n) is 11.7. The fourth-order valence-corrected chi connectivity index (χ4v) is 6.98. The third kappa shape index (κ3) is 4.11. The molecular formula is C26H22ClN5O2S2. The summed E-state index contributed by atoms with van der Waals surface area (Å²) in [4.78, 5) is 28.7. The lowest BCUT2D eigenvalue weighted by Crippen LogP contribution is -2.22. The lowest BCUT2D eigenvalue weighted by atomic mass is 9.97. The van der Waals surface area contributed by atoms with Gasteiger partial charge in [-0.3, -0.25) is 9.59 Å². The number of benzene rings is 2. The normalized spacial score (nSPS) is 13.3. The molecule has 10 heteroatoms. The van der Waals surface area contributed by atoms with E-state index in [-0.39, 0.29) is 17.2 Å². The van der Waals surface area contributed by atoms with E-state index in [0.717, 1.165) is 52.7 Å². The molecule has 1 aliphatic rings. The van der Waals surface area contributed by atoms with Gasteiger partial charge in [0.15, 0.2) is 5.16 Å². The van der Waals surface area contributed by atoms with Gasteiger partial charge in [-0.2, -0.15) is 0 Å². The quantitative estimate of drug-likeness (QED) is 0.293. The minimum Gasteiger partial charge on any atom is -0.325 e. The van der Waals surface area contributed by atoms with Crippen LogP contribution < -0.4 is 10.9 Å². The predicted molar refractivity (Wildman–Crippen MR) is 146 cm³/mol. The van der Waals surface area contributed by atoms with E-state index in [0.29, 0.717) is 21.6 Å². The molecule has 0 bridgehead atoms. The van der Waals surface area contributed by atoms with Crippen molar-refractivity contribution in [2.24, 2.45) is 0 Å². The van der Waals surface area contributed by atoms with Crippen LogP contribution in [0.15, 0.2) is 58.5 Å². The molecule has 0 atom stereocenters. The Kier molecular flexibility index (Phi) is 6.07. The Labute approximate surface area is 220 Å². The van der Waals surface area contributed by atoms with E-state index in [9.17, 15) is 9.59 Å². The highest BCUT2D eigenvalue weighted by Crippen LogP contribution is 2.36. The summed E-state index contributed by atoms with van der Waals surface area (Å²) >= 11 is 9.06. The van der Waals surface area contributed by atoms with E-state index >= 15 is 0 Å². The molecule has 0 fully saturated rings. The van der Waals surface area contributed by atoms with Crippen molar-refractivity contribution in [3.63, 3.8) is 0 Å². The number of carbonyl (C=O) groups excluding carboxylic acids is 1. The summed E-state index contributed by atoms with van der Waals surface area (Å²) in [5.41, 5.74) is 3.55. The highest BCUT2D eigenvalue weighted by atomic mass is 35.5. The van der Waals surface area contributed by atoms with Crippen molar-refractivity contribution >= 4 is 62.3 Å². The average Bonchev–Trinajstić information content (AvgIpc) is 3.46. The Balaban J connectivity index is 1.45. The van der Waals surface area contributed by atoms with Crippen LogP contribution in [0.1, 0.15) is 28.8 Å². The number of nitrogens with zero attached hydrogens (tertiary/aromatic N) is 4. The second-order valence-corrected chi connectivity index (χ2v) is 11.3. The number of amides is 1. The topological polar surface area (TPSA) is 81.3 Å². The number of aryl methyl sites for hydroxylation is 3. The Bertz CT molecular complexity index is 1690. The SMILES string of the molecule is Cc1cccc(NC(=O)CSc2nnc3n(-c4ccc(Cl)cc4)c(=O)c4c5c(sc4n23)CCCC5)c1. The van der Waals surface area contributed by atoms with Crippen LogP contribution in [0.5, 0.6) is 0 Å². The second kappa shape index (κ2) is 9.38. The van der Waals surface area contributed by atoms with E-state index in [1.165, 1.54) is 16.6 Å². The van der Waals surface area contributed by atoms with Gasteiger partial charge in [-0.05, 0) is 80.1 Å². The van der Waals surface area contributed by atoms with Crippen LogP contribution in [0.3, 0.4) is 0 Å². The van der Waals surface area contributed by atoms with E-state index < -0.39 is 0 Å². The highest BCUT2D eigenvalue weighted by Gasteiger charge is 2.25. The number of fused-ring (bicyclic) bond motifs is 5. The Morgan fingerprint density at radius 1 is 1.14 bits per heavy atom. The van der Waals surface area contributed by atoms with Crippen LogP contribution >= 0.6 is 34.7 Å². The van der Waals surface area contributed by atoms with Gasteiger partial charge in [0, 0.05) is 15.6 Å². The van der Waals surface area contributed by atoms with E-state index in [1.54, 1.807) is 28.0 Å². The van der Waals surface area contributed by atoms with Crippen LogP contribution in [0, 0.1) is 6.92 Å². The van der Waals surface area contributed by atoms with Crippen molar-refractivity contribution in [3.05, 3.63) is 79.9 Å². The van der Waals surface area contributed by atoms with Crippen molar-refractivity contribution in [2.75, 3.05) is 11.1 Å². The van der Waals surface area contributed by atoms with Gasteiger partial charge in [0.25, 0.3) is 5.56 Å². The standard InChI is InChI=1S/C26H22ClN5O2S2/c1-15-5-4-6-17(13-15)28-21(33)14-35-26-30-29-25-31(18-11-9-16(27)10-12-18)23(34)22-19-7-2-3-8-20(19)36-24(22)32(25)26/h4-6,9-13H,2-3,7-8,14H2,1H3,(H,28,33). The number of carbonyl (C=O) groups is 1. The van der Waals surface area contributed by atoms with Gasteiger partial charge in [0.2, 0.25) is 11.7 Å². The molecule has 1 N–H and O–H groups in total. The second-order valence-electron chi connectivity index (χ2n) is 8.83. The zero-order valence-electron chi connectivity index (χ0n) is 19.5. The zero-order chi connectivity index (χ0) is 24.8. The number of hydrogen-bond donors (Lipinski definition) is 1. The number of aromatic nitrogens is 4. The average molecular weight is 536 g/mol. The molecule has 3 aromatic heterocycles. The molecule has 5 aromatic rings. The third-order valence-corrected chi connectivity index (χ3v) is 8.77. The summed E-state index contributed by atoms with van der Waals surface area (Å²) in [6.45, 7) is 1.98. The molecule has 182 valence electrons. The summed E-state index contributed by atoms with van der Waals surface area (Å²) in [6, 6.07) is 14.8. The van der Waals surface area contributed by atoms with Crippen molar-refractivity contribution in [2.45, 2.75) is 37.8 Å². The van der Waals surface area contributed by atoms with Crippen molar-refractivity contribution in [3.8, 4) is 5.69 Å². The monoisotopic (exact) mass is 535 g/mol. The Hall–Kier alpha value is -3.14. The van der Waals surface area contributed by atoms with Crippen LogP contribution in [0.4, 0.5) is 5.69 Å². The van der Waals surface area contributed by atoms with Gasteiger partial charge in [0.05, 0.1) is 16.8 Å². The first kappa shape index (κ1) is 23.3. The minimum absolute atomic E-state index is 0.0969. The Morgan fingerprint density at radius 2 is 1.94 bits per heavy atom. The van der Waals surface area contributed by atoms with E-state index in [1.807, 2.05) is 47.7 Å². The molecule has 1 amide bonds. The Morgan fingerprint density at radius 3 is 2.75 bits per heavy atom. The number of halogens is 1. The predicted octanol–water partition coefficient (Wildman–Crippen LogP) is 5.67. The summed E-state index contributed by atoms with van der Waals surface area (Å²) in [6.07, 6.45) is 4.05. The maximum atomic E-state index is 13.9. The molecule has 1 aliphatic carbocycles. The van der Waals surface area contributed by atoms with Crippen molar-refractivity contribution in [1.29, 1.82) is 0 Å². The van der Waals surface area contributed by atoms with Crippen LogP contribution in [0.2, 0.25) is 5.02 Å². The molecule has 3 heterocycles. The fourth-order valence-electron chi connectivity index (χ4n) is 4.68. The number of thiophene rings is 1. The maximum absolute atomic E-state index is 13.9. The lowest BCUT2D eigenvalue weighted by molar-refractivity contribution is -0.113. The smallest absolute Gasteiger partial charge is 0.268 e. The summed E-state index contributed by atoms with van der Waals surface area (Å²) in [5, 5.41) is 13.6. The van der Waals surface area contributed by atoms with Gasteiger partial charge >= 0.3 is 0 Å². The van der Waals surface area contributed by atoms with Gasteiger partial charge in [0.1, 0.15) is 4.83 Å². The van der Waals surface area contributed by atoms with Gasteiger partial charge in [-0.1, -0.05) is 35.5 Å². The number of thioether (sulfide) groups is 1. The lowest BCUT2D eigenvalue weighted by Gasteiger charge is -2.12. The maximum Gasteiger partial charge on any atom is 0.268 e. The number of hydrogen-bond acceptors (Lipinski definition) is 6. The fraction of sp³-hybridized carbons (Fsp3) is 0.231. The molecular weight excluding hydrogens is 514 g/mol. The van der Waals surface area contributed by atoms with Gasteiger partial charge < -0.3 is 5.32 Å². The van der Waals surface area contributed by atoms with E-state index in [4.69, 9.17) is 11.6 Å². The molecule has 0 aliphatic heterocycles. The van der Waals surface area contributed by atoms with Crippen LogP contribution in [-0.2, 0) is 17.6 Å². The summed E-state index contributed by atoms with van der Waals surface area (Å²) in [5.74, 6) is 0.464. The van der Waals surface area contributed by atoms with Crippen LogP contribution in [0.25, 0.3) is 21.7 Å². The molecule has 0 saturated carbocycles. The first-order valence-corrected chi connectivity index (χ1v) is 13.9. The zero-order valence-corrected chi connectivity index (χ0v) is 21.8. The van der Waals surface area contributed by atoms with Gasteiger partial charge in [-0.25, -0.2) is 8.97 Å². The molecule has 0 unspecified atom stereocenters. The molecule has 7 nitrogen and oxygen atoms in total.